The van der Waals surface area contributed by atoms with E-state index >= 15 is 0 Å². The number of hydrogen-bond acceptors (Lipinski definition) is 7. The van der Waals surface area contributed by atoms with Gasteiger partial charge in [-0.1, -0.05) is 0 Å². The number of alkyl halides is 2. The van der Waals surface area contributed by atoms with Crippen molar-refractivity contribution in [3.05, 3.63) is 69.6 Å². The number of nitrogens with one attached hydrogen (secondary N) is 1. The fraction of sp³-hybridized carbons (Fsp3) is 0.240. The number of nitrogens with zero attached hydrogens (tertiary/aromatic N) is 5. The zero-order valence-electron chi connectivity index (χ0n) is 20.9. The quantitative estimate of drug-likeness (QED) is 0.307. The van der Waals surface area contributed by atoms with E-state index in [2.05, 4.69) is 20.5 Å². The van der Waals surface area contributed by atoms with Gasteiger partial charge in [-0.2, -0.15) is 10.2 Å². The third-order valence-electron chi connectivity index (χ3n) is 6.19. The summed E-state index contributed by atoms with van der Waals surface area (Å²) in [5.41, 5.74) is 8.62. The van der Waals surface area contributed by atoms with Crippen LogP contribution in [0, 0.1) is 20.8 Å². The number of halogens is 2. The van der Waals surface area contributed by atoms with E-state index in [4.69, 9.17) is 10.2 Å². The Bertz CT molecular complexity index is 1710. The second-order valence-electron chi connectivity index (χ2n) is 8.82. The molecule has 3 N–H and O–H groups in total. The van der Waals surface area contributed by atoms with Crippen molar-refractivity contribution in [1.82, 2.24) is 24.5 Å². The van der Waals surface area contributed by atoms with Gasteiger partial charge in [-0.05, 0) is 50.6 Å². The molecule has 10 nitrogen and oxygen atoms in total. The lowest BCUT2D eigenvalue weighted by atomic mass is 10.0. The summed E-state index contributed by atoms with van der Waals surface area (Å²) in [6.45, 7) is 5.90. The van der Waals surface area contributed by atoms with Crippen LogP contribution in [0.3, 0.4) is 0 Å². The van der Waals surface area contributed by atoms with E-state index in [0.717, 1.165) is 22.7 Å². The molecule has 2 amide bonds. The highest BCUT2D eigenvalue weighted by atomic mass is 32.1. The van der Waals surface area contributed by atoms with Crippen LogP contribution >= 0.6 is 11.3 Å². The summed E-state index contributed by atoms with van der Waals surface area (Å²) in [4.78, 5) is 29.7. The summed E-state index contributed by atoms with van der Waals surface area (Å²) in [6, 6.07) is 6.34. The van der Waals surface area contributed by atoms with Crippen LogP contribution in [0.15, 0.2) is 34.9 Å². The molecule has 196 valence electrons. The van der Waals surface area contributed by atoms with Crippen molar-refractivity contribution in [2.24, 2.45) is 12.8 Å². The predicted octanol–water partition coefficient (Wildman–Crippen LogP) is 4.75. The zero-order chi connectivity index (χ0) is 27.3. The molecular formula is C25H23F2N7O3S. The van der Waals surface area contributed by atoms with Crippen molar-refractivity contribution in [3.8, 4) is 11.1 Å². The lowest BCUT2D eigenvalue weighted by molar-refractivity contribution is 0.0994. The number of thiophene rings is 1. The van der Waals surface area contributed by atoms with E-state index in [-0.39, 0.29) is 21.2 Å². The topological polar surface area (TPSA) is 134 Å². The summed E-state index contributed by atoms with van der Waals surface area (Å²) in [7, 11) is 1.72. The van der Waals surface area contributed by atoms with E-state index in [1.165, 1.54) is 18.3 Å². The highest BCUT2D eigenvalue weighted by molar-refractivity contribution is 7.21. The number of carbonyl (C=O) groups is 2. The van der Waals surface area contributed by atoms with Crippen molar-refractivity contribution in [1.29, 1.82) is 0 Å². The average Bonchev–Trinajstić information content (AvgIpc) is 3.62. The number of nitrogens with two attached hydrogens (primary N) is 1. The van der Waals surface area contributed by atoms with Gasteiger partial charge in [-0.15, -0.1) is 11.3 Å². The van der Waals surface area contributed by atoms with Crippen LogP contribution in [-0.4, -0.2) is 36.4 Å². The molecule has 5 heterocycles. The summed E-state index contributed by atoms with van der Waals surface area (Å²) >= 11 is 0.830. The Morgan fingerprint density at radius 3 is 2.55 bits per heavy atom. The maximum absolute atomic E-state index is 13.7. The van der Waals surface area contributed by atoms with Crippen molar-refractivity contribution in [2.45, 2.75) is 33.7 Å². The first-order valence-electron chi connectivity index (χ1n) is 11.5. The molecule has 0 atom stereocenters. The first-order valence-corrected chi connectivity index (χ1v) is 12.3. The number of pyridine rings is 1. The van der Waals surface area contributed by atoms with E-state index in [0.29, 0.717) is 34.5 Å². The molecule has 38 heavy (non-hydrogen) atoms. The molecule has 5 rings (SSSR count). The number of aromatic nitrogens is 5. The normalized spacial score (nSPS) is 11.6. The number of fused-ring (bicyclic) bond motifs is 1. The van der Waals surface area contributed by atoms with Gasteiger partial charge in [0.15, 0.2) is 5.76 Å². The molecule has 0 bridgehead atoms. The van der Waals surface area contributed by atoms with Gasteiger partial charge in [0, 0.05) is 29.4 Å². The third kappa shape index (κ3) is 4.45. The van der Waals surface area contributed by atoms with E-state index in [1.807, 2.05) is 19.9 Å². The van der Waals surface area contributed by atoms with Crippen molar-refractivity contribution in [3.63, 3.8) is 0 Å². The zero-order valence-corrected chi connectivity index (χ0v) is 21.7. The highest BCUT2D eigenvalue weighted by Gasteiger charge is 2.27. The standard InChI is InChI=1S/C25H23F2N7O3S/c1-11-7-12(2)34(32-11)10-14-5-6-18(37-14)24(36)31-20-19-15(16-9-29-33(4)13(16)3)8-17(22(26)27)30-25(19)38-21(20)23(28)35/h5-9,22H,10H2,1-4H3,(H2,28,35)(H,31,36). The Labute approximate surface area is 219 Å². The number of carbonyl (C=O) groups excluding carboxylic acids is 2. The number of amides is 2. The van der Waals surface area contributed by atoms with Gasteiger partial charge in [-0.25, -0.2) is 13.8 Å². The molecule has 5 aromatic rings. The number of anilines is 1. The van der Waals surface area contributed by atoms with E-state index < -0.39 is 23.9 Å². The molecular weight excluding hydrogens is 516 g/mol. The number of furan rings is 1. The number of hydrogen-bond donors (Lipinski definition) is 2. The summed E-state index contributed by atoms with van der Waals surface area (Å²) in [6.07, 6.45) is -1.32. The Balaban J connectivity index is 1.58. The predicted molar refractivity (Wildman–Crippen MR) is 137 cm³/mol. The van der Waals surface area contributed by atoms with Crippen molar-refractivity contribution in [2.75, 3.05) is 5.32 Å². The fourth-order valence-corrected chi connectivity index (χ4v) is 5.25. The summed E-state index contributed by atoms with van der Waals surface area (Å²) < 4.78 is 36.5. The minimum atomic E-state index is -2.85. The molecule has 0 fully saturated rings. The van der Waals surface area contributed by atoms with Crippen LogP contribution in [-0.2, 0) is 13.6 Å². The molecule has 0 aromatic carbocycles. The summed E-state index contributed by atoms with van der Waals surface area (Å²) in [5, 5.41) is 11.6. The molecule has 0 unspecified atom stereocenters. The van der Waals surface area contributed by atoms with Gasteiger partial charge in [0.1, 0.15) is 21.2 Å². The molecule has 0 aliphatic carbocycles. The average molecular weight is 540 g/mol. The van der Waals surface area contributed by atoms with Crippen LogP contribution in [0.5, 0.6) is 0 Å². The lowest BCUT2D eigenvalue weighted by Gasteiger charge is -2.10. The van der Waals surface area contributed by atoms with Gasteiger partial charge < -0.3 is 15.5 Å². The molecule has 0 aliphatic rings. The second-order valence-corrected chi connectivity index (χ2v) is 9.82. The molecule has 5 aromatic heterocycles. The number of aryl methyl sites for hydroxylation is 3. The minimum absolute atomic E-state index is 0.00688. The van der Waals surface area contributed by atoms with Gasteiger partial charge in [0.2, 0.25) is 0 Å². The molecule has 0 radical (unpaired) electrons. The highest BCUT2D eigenvalue weighted by Crippen LogP contribution is 2.43. The van der Waals surface area contributed by atoms with Gasteiger partial charge >= 0.3 is 0 Å². The maximum Gasteiger partial charge on any atom is 0.291 e. The van der Waals surface area contributed by atoms with Crippen molar-refractivity contribution < 1.29 is 22.8 Å². The third-order valence-corrected chi connectivity index (χ3v) is 7.29. The number of primary amides is 1. The van der Waals surface area contributed by atoms with Crippen LogP contribution in [0.1, 0.15) is 55.2 Å². The van der Waals surface area contributed by atoms with E-state index in [1.54, 1.807) is 29.4 Å². The second kappa shape index (κ2) is 9.49. The molecule has 0 saturated carbocycles. The Morgan fingerprint density at radius 1 is 1.18 bits per heavy atom. The van der Waals surface area contributed by atoms with Gasteiger partial charge in [-0.3, -0.25) is 19.0 Å². The number of rotatable bonds is 7. The molecule has 0 spiro atoms. The van der Waals surface area contributed by atoms with Gasteiger partial charge in [0.25, 0.3) is 18.2 Å². The first kappa shape index (κ1) is 25.3. The monoisotopic (exact) mass is 539 g/mol. The van der Waals surface area contributed by atoms with Crippen LogP contribution in [0.25, 0.3) is 21.3 Å². The largest absolute Gasteiger partial charge is 0.454 e. The Hall–Kier alpha value is -4.39. The minimum Gasteiger partial charge on any atom is -0.454 e. The SMILES string of the molecule is Cc1cc(C)n(Cc2ccc(C(=O)Nc3c(C(N)=O)sc4nc(C(F)F)cc(-c5cnn(C)c5C)c34)o2)n1. The van der Waals surface area contributed by atoms with Crippen LogP contribution < -0.4 is 11.1 Å². The molecule has 0 aliphatic heterocycles. The first-order chi connectivity index (χ1) is 18.0. The van der Waals surface area contributed by atoms with Crippen LogP contribution in [0.2, 0.25) is 0 Å². The Kier molecular flexibility index (Phi) is 6.31. The summed E-state index contributed by atoms with van der Waals surface area (Å²) in [5.74, 6) is -0.979. The Morgan fingerprint density at radius 2 is 1.95 bits per heavy atom. The smallest absolute Gasteiger partial charge is 0.291 e. The van der Waals surface area contributed by atoms with Crippen LogP contribution in [0.4, 0.5) is 14.5 Å². The fourth-order valence-electron chi connectivity index (χ4n) is 4.24. The molecule has 0 saturated heterocycles. The maximum atomic E-state index is 13.7. The lowest BCUT2D eigenvalue weighted by Crippen LogP contribution is -2.16. The van der Waals surface area contributed by atoms with E-state index in [9.17, 15) is 18.4 Å². The molecule has 13 heteroatoms. The van der Waals surface area contributed by atoms with Crippen molar-refractivity contribution >= 4 is 39.1 Å². The van der Waals surface area contributed by atoms with Gasteiger partial charge in [0.05, 0.1) is 24.1 Å².